The molecule has 2 aliphatic rings. The number of carbonyl (C=O) groups excluding carboxylic acids is 3. The second kappa shape index (κ2) is 7.33. The van der Waals surface area contributed by atoms with E-state index in [1.54, 1.807) is 0 Å². The lowest BCUT2D eigenvalue weighted by molar-refractivity contribution is 0.0475. The Labute approximate surface area is 165 Å². The van der Waals surface area contributed by atoms with E-state index in [0.717, 1.165) is 18.9 Å². The molecule has 0 spiro atoms. The first-order chi connectivity index (χ1) is 13.4. The summed E-state index contributed by atoms with van der Waals surface area (Å²) in [5, 5.41) is 2.48. The van der Waals surface area contributed by atoms with Crippen molar-refractivity contribution in [3.63, 3.8) is 0 Å². The average molecular weight is 403 g/mol. The fourth-order valence-corrected chi connectivity index (χ4v) is 3.55. The van der Waals surface area contributed by atoms with E-state index < -0.39 is 17.6 Å². The average Bonchev–Trinajstić information content (AvgIpc) is 3.28. The number of halogens is 2. The first-order valence-electron chi connectivity index (χ1n) is 8.82. The number of imide groups is 1. The van der Waals surface area contributed by atoms with Crippen molar-refractivity contribution in [1.82, 2.24) is 4.90 Å². The molecule has 2 heterocycles. The van der Waals surface area contributed by atoms with E-state index in [4.69, 9.17) is 16.3 Å². The molecule has 0 radical (unpaired) electrons. The summed E-state index contributed by atoms with van der Waals surface area (Å²) in [6.45, 7) is 0.841. The molecule has 3 amide bonds. The standard InChI is InChI=1S/C20H16ClFN2O4/c21-16-9-12(4-6-17(16)22)23-18(25)11-3-5-14-15(8-11)20(27)24(19(14)26)10-13-2-1-7-28-13/h3-6,8-9,13H,1-2,7,10H2,(H,23,25). The summed E-state index contributed by atoms with van der Waals surface area (Å²) in [5.74, 6) is -1.90. The summed E-state index contributed by atoms with van der Waals surface area (Å²) in [5.41, 5.74) is 0.982. The van der Waals surface area contributed by atoms with Gasteiger partial charge in [-0.1, -0.05) is 11.6 Å². The summed E-state index contributed by atoms with van der Waals surface area (Å²) in [4.78, 5) is 38.9. The highest BCUT2D eigenvalue weighted by Gasteiger charge is 2.37. The molecule has 0 aliphatic carbocycles. The summed E-state index contributed by atoms with van der Waals surface area (Å²) in [6, 6.07) is 8.15. The van der Waals surface area contributed by atoms with Crippen LogP contribution < -0.4 is 5.32 Å². The Morgan fingerprint density at radius 2 is 1.96 bits per heavy atom. The van der Waals surface area contributed by atoms with Gasteiger partial charge in [-0.15, -0.1) is 0 Å². The molecule has 1 unspecified atom stereocenters. The zero-order valence-electron chi connectivity index (χ0n) is 14.7. The van der Waals surface area contributed by atoms with Gasteiger partial charge in [0.05, 0.1) is 28.8 Å². The molecule has 0 aromatic heterocycles. The fraction of sp³-hybridized carbons (Fsp3) is 0.250. The van der Waals surface area contributed by atoms with Gasteiger partial charge in [-0.25, -0.2) is 4.39 Å². The Bertz CT molecular complexity index is 988. The second-order valence-corrected chi connectivity index (χ2v) is 7.11. The lowest BCUT2D eigenvalue weighted by atomic mass is 10.1. The van der Waals surface area contributed by atoms with Crippen molar-refractivity contribution in [2.24, 2.45) is 0 Å². The van der Waals surface area contributed by atoms with Crippen molar-refractivity contribution in [3.8, 4) is 0 Å². The smallest absolute Gasteiger partial charge is 0.261 e. The Morgan fingerprint density at radius 3 is 2.68 bits per heavy atom. The predicted octanol–water partition coefficient (Wildman–Crippen LogP) is 3.51. The minimum atomic E-state index is -0.590. The van der Waals surface area contributed by atoms with Crippen LogP contribution in [0.1, 0.15) is 43.9 Å². The largest absolute Gasteiger partial charge is 0.376 e. The van der Waals surface area contributed by atoms with Crippen molar-refractivity contribution in [3.05, 3.63) is 63.9 Å². The Kier molecular flexibility index (Phi) is 4.87. The maximum Gasteiger partial charge on any atom is 0.261 e. The summed E-state index contributed by atoms with van der Waals surface area (Å²) in [6.07, 6.45) is 1.57. The van der Waals surface area contributed by atoms with E-state index in [0.29, 0.717) is 12.3 Å². The molecule has 4 rings (SSSR count). The number of hydrogen-bond acceptors (Lipinski definition) is 4. The zero-order chi connectivity index (χ0) is 19.8. The van der Waals surface area contributed by atoms with Gasteiger partial charge in [0.2, 0.25) is 0 Å². The van der Waals surface area contributed by atoms with E-state index in [2.05, 4.69) is 5.32 Å². The first-order valence-corrected chi connectivity index (χ1v) is 9.20. The molecule has 0 bridgehead atoms. The number of carbonyl (C=O) groups is 3. The number of nitrogens with one attached hydrogen (secondary N) is 1. The number of fused-ring (bicyclic) bond motifs is 1. The highest BCUT2D eigenvalue weighted by molar-refractivity contribution is 6.31. The molecule has 2 aromatic rings. The topological polar surface area (TPSA) is 75.7 Å². The summed E-state index contributed by atoms with van der Waals surface area (Å²) >= 11 is 5.72. The molecule has 2 aromatic carbocycles. The molecular weight excluding hydrogens is 387 g/mol. The molecule has 0 saturated carbocycles. The molecule has 144 valence electrons. The number of rotatable bonds is 4. The predicted molar refractivity (Wildman–Crippen MR) is 100 cm³/mol. The third-order valence-corrected chi connectivity index (χ3v) is 5.11. The lowest BCUT2D eigenvalue weighted by Gasteiger charge is -2.17. The SMILES string of the molecule is O=C(Nc1ccc(F)c(Cl)c1)c1ccc2c(c1)C(=O)N(CC1CCCO1)C2=O. The number of amides is 3. The van der Waals surface area contributed by atoms with Gasteiger partial charge in [0.25, 0.3) is 17.7 Å². The van der Waals surface area contributed by atoms with Gasteiger partial charge >= 0.3 is 0 Å². The van der Waals surface area contributed by atoms with Gasteiger partial charge in [-0.2, -0.15) is 0 Å². The van der Waals surface area contributed by atoms with Crippen molar-refractivity contribution in [1.29, 1.82) is 0 Å². The summed E-state index contributed by atoms with van der Waals surface area (Å²) in [7, 11) is 0. The number of benzene rings is 2. The number of nitrogens with zero attached hydrogens (tertiary/aromatic N) is 1. The third kappa shape index (κ3) is 3.39. The van der Waals surface area contributed by atoms with Crippen LogP contribution in [0.2, 0.25) is 5.02 Å². The van der Waals surface area contributed by atoms with E-state index >= 15 is 0 Å². The van der Waals surface area contributed by atoms with Crippen molar-refractivity contribution in [2.45, 2.75) is 18.9 Å². The first kappa shape index (κ1) is 18.6. The monoisotopic (exact) mass is 402 g/mol. The minimum absolute atomic E-state index is 0.114. The van der Waals surface area contributed by atoms with E-state index in [9.17, 15) is 18.8 Å². The zero-order valence-corrected chi connectivity index (χ0v) is 15.5. The van der Waals surface area contributed by atoms with Crippen LogP contribution in [0.5, 0.6) is 0 Å². The van der Waals surface area contributed by atoms with E-state index in [1.807, 2.05) is 0 Å². The molecule has 8 heteroatoms. The van der Waals surface area contributed by atoms with Gasteiger partial charge < -0.3 is 10.1 Å². The molecule has 1 atom stereocenters. The van der Waals surface area contributed by atoms with Crippen molar-refractivity contribution >= 4 is 35.0 Å². The van der Waals surface area contributed by atoms with E-state index in [1.165, 1.54) is 35.2 Å². The van der Waals surface area contributed by atoms with Gasteiger partial charge in [-0.3, -0.25) is 19.3 Å². The van der Waals surface area contributed by atoms with Gasteiger partial charge in [-0.05, 0) is 49.2 Å². The minimum Gasteiger partial charge on any atom is -0.376 e. The van der Waals surface area contributed by atoms with E-state index in [-0.39, 0.29) is 40.3 Å². The second-order valence-electron chi connectivity index (χ2n) is 6.70. The highest BCUT2D eigenvalue weighted by atomic mass is 35.5. The molecule has 6 nitrogen and oxygen atoms in total. The van der Waals surface area contributed by atoms with Crippen LogP contribution in [-0.2, 0) is 4.74 Å². The van der Waals surface area contributed by atoms with Gasteiger partial charge in [0, 0.05) is 17.9 Å². The van der Waals surface area contributed by atoms with Crippen molar-refractivity contribution < 1.29 is 23.5 Å². The maximum atomic E-state index is 13.2. The van der Waals surface area contributed by atoms with Crippen LogP contribution in [0, 0.1) is 5.82 Å². The van der Waals surface area contributed by atoms with Gasteiger partial charge in [0.15, 0.2) is 0 Å². The number of hydrogen-bond donors (Lipinski definition) is 1. The van der Waals surface area contributed by atoms with Crippen LogP contribution in [0.4, 0.5) is 10.1 Å². The fourth-order valence-electron chi connectivity index (χ4n) is 3.37. The molecule has 2 aliphatic heterocycles. The lowest BCUT2D eigenvalue weighted by Crippen LogP contribution is -2.36. The van der Waals surface area contributed by atoms with Crippen molar-refractivity contribution in [2.75, 3.05) is 18.5 Å². The number of anilines is 1. The molecular formula is C20H16ClFN2O4. The van der Waals surface area contributed by atoms with Crippen LogP contribution in [-0.4, -0.2) is 41.9 Å². The third-order valence-electron chi connectivity index (χ3n) is 4.82. The van der Waals surface area contributed by atoms with Crippen LogP contribution >= 0.6 is 11.6 Å². The molecule has 1 N–H and O–H groups in total. The quantitative estimate of drug-likeness (QED) is 0.794. The van der Waals surface area contributed by atoms with Crippen LogP contribution in [0.15, 0.2) is 36.4 Å². The Balaban J connectivity index is 1.53. The van der Waals surface area contributed by atoms with Crippen LogP contribution in [0.25, 0.3) is 0 Å². The van der Waals surface area contributed by atoms with Gasteiger partial charge in [0.1, 0.15) is 5.82 Å². The highest BCUT2D eigenvalue weighted by Crippen LogP contribution is 2.27. The molecule has 1 fully saturated rings. The summed E-state index contributed by atoms with van der Waals surface area (Å²) < 4.78 is 18.8. The molecule has 1 saturated heterocycles. The normalized spacial score (nSPS) is 18.5. The Hall–Kier alpha value is -2.77. The van der Waals surface area contributed by atoms with Crippen LogP contribution in [0.3, 0.4) is 0 Å². The Morgan fingerprint density at radius 1 is 1.18 bits per heavy atom. The maximum absolute atomic E-state index is 13.2. The molecule has 28 heavy (non-hydrogen) atoms. The number of ether oxygens (including phenoxy) is 1.